The minimum absolute atomic E-state index is 0.00399. The molecule has 6 heteroatoms. The maximum absolute atomic E-state index is 12.5. The largest absolute Gasteiger partial charge is 0.466 e. The second kappa shape index (κ2) is 78.0. The number of amides is 1. The molecular weight excluding hydrogens is 1090 g/mol. The molecule has 3 N–H and O–H groups in total. The molecule has 2 atom stereocenters. The zero-order chi connectivity index (χ0) is 64.2. The van der Waals surface area contributed by atoms with E-state index in [4.69, 9.17) is 4.74 Å². The summed E-state index contributed by atoms with van der Waals surface area (Å²) in [6.07, 6.45) is 105. The van der Waals surface area contributed by atoms with E-state index >= 15 is 0 Å². The van der Waals surface area contributed by atoms with Crippen molar-refractivity contribution in [2.24, 2.45) is 0 Å². The van der Waals surface area contributed by atoms with Gasteiger partial charge in [-0.25, -0.2) is 0 Å². The predicted molar refractivity (Wildman–Crippen MR) is 393 cm³/mol. The fourth-order valence-corrected chi connectivity index (χ4v) is 12.4. The van der Waals surface area contributed by atoms with E-state index in [1.807, 2.05) is 6.08 Å². The summed E-state index contributed by atoms with van der Waals surface area (Å²) in [4.78, 5) is 24.6. The first-order valence-electron chi connectivity index (χ1n) is 40.1. The van der Waals surface area contributed by atoms with E-state index in [0.29, 0.717) is 19.4 Å². The van der Waals surface area contributed by atoms with Gasteiger partial charge in [0.1, 0.15) is 0 Å². The third-order valence-corrected chi connectivity index (χ3v) is 18.5. The topological polar surface area (TPSA) is 95.9 Å². The molecule has 0 bridgehead atoms. The van der Waals surface area contributed by atoms with Crippen molar-refractivity contribution in [2.45, 2.75) is 443 Å². The Kier molecular flexibility index (Phi) is 75.9. The molecule has 0 radical (unpaired) electrons. The Morgan fingerprint density at radius 2 is 0.573 bits per heavy atom. The molecule has 0 saturated carbocycles. The molecule has 89 heavy (non-hydrogen) atoms. The standard InChI is InChI=1S/C83H155NO5/c1-3-5-7-9-11-13-15-17-19-20-21-39-42-45-48-51-55-59-63-67-71-75-81(86)80(79-85)84-82(87)76-72-68-64-60-56-52-49-46-43-40-37-35-33-31-29-27-25-23-22-24-26-28-30-32-34-36-38-41-44-47-50-54-58-62-66-70-74-78-89-83(88)77-73-69-65-61-57-53-18-16-14-12-10-8-6-4-2/h10,12,16,18,22,24,28,30,71,75,80-81,85-86H,3-9,11,13-15,17,19-21,23,25-27,29,31-70,72-74,76-79H2,1-2H3,(H,84,87)/b12-10-,18-16-,24-22-,30-28-,75-71+. The van der Waals surface area contributed by atoms with Crippen molar-refractivity contribution in [2.75, 3.05) is 13.2 Å². The van der Waals surface area contributed by atoms with Crippen molar-refractivity contribution in [3.63, 3.8) is 0 Å². The molecule has 0 rings (SSSR count). The van der Waals surface area contributed by atoms with E-state index in [2.05, 4.69) is 67.8 Å². The van der Waals surface area contributed by atoms with E-state index in [0.717, 1.165) is 57.8 Å². The van der Waals surface area contributed by atoms with Gasteiger partial charge in [-0.3, -0.25) is 9.59 Å². The van der Waals surface area contributed by atoms with Gasteiger partial charge in [0.15, 0.2) is 0 Å². The highest BCUT2D eigenvalue weighted by molar-refractivity contribution is 5.76. The number of ether oxygens (including phenoxy) is 1. The summed E-state index contributed by atoms with van der Waals surface area (Å²) in [5, 5.41) is 23.3. The number of hydrogen-bond donors (Lipinski definition) is 3. The molecule has 0 aromatic carbocycles. The SMILES string of the molecule is CCCC/C=C\C/C=C\CCCCCCCC(=O)OCCCCCCCCCCCCCCC/C=C\C/C=C\CCCCCCCCCCCCCCCCCCCC(=O)NC(CO)C(O)/C=C/CCCCCCCCCCCCCCCCCCCCC. The predicted octanol–water partition coefficient (Wildman–Crippen LogP) is 26.5. The Morgan fingerprint density at radius 1 is 0.315 bits per heavy atom. The number of hydrogen-bond acceptors (Lipinski definition) is 5. The van der Waals surface area contributed by atoms with Gasteiger partial charge in [0.05, 0.1) is 25.4 Å². The maximum Gasteiger partial charge on any atom is 0.305 e. The third kappa shape index (κ3) is 74.5. The molecule has 0 heterocycles. The summed E-state index contributed by atoms with van der Waals surface area (Å²) in [6.45, 7) is 4.90. The second-order valence-electron chi connectivity index (χ2n) is 27.4. The van der Waals surface area contributed by atoms with Crippen LogP contribution in [0.4, 0.5) is 0 Å². The quantitative estimate of drug-likeness (QED) is 0.0320. The molecule has 0 aromatic rings. The van der Waals surface area contributed by atoms with Gasteiger partial charge in [0.2, 0.25) is 5.91 Å². The zero-order valence-corrected chi connectivity index (χ0v) is 59.9. The Bertz CT molecular complexity index is 1530. The number of nitrogens with one attached hydrogen (secondary N) is 1. The fraction of sp³-hybridized carbons (Fsp3) is 0.855. The molecule has 1 amide bonds. The zero-order valence-electron chi connectivity index (χ0n) is 59.9. The van der Waals surface area contributed by atoms with Crippen LogP contribution in [-0.4, -0.2) is 47.4 Å². The number of carbonyl (C=O) groups excluding carboxylic acids is 2. The highest BCUT2D eigenvalue weighted by Crippen LogP contribution is 2.19. The van der Waals surface area contributed by atoms with Crippen LogP contribution in [0.25, 0.3) is 0 Å². The van der Waals surface area contributed by atoms with Crippen molar-refractivity contribution in [1.82, 2.24) is 5.32 Å². The Morgan fingerprint density at radius 3 is 0.888 bits per heavy atom. The van der Waals surface area contributed by atoms with Crippen LogP contribution in [0.3, 0.4) is 0 Å². The van der Waals surface area contributed by atoms with Gasteiger partial charge in [0.25, 0.3) is 0 Å². The highest BCUT2D eigenvalue weighted by Gasteiger charge is 2.18. The van der Waals surface area contributed by atoms with E-state index in [1.54, 1.807) is 6.08 Å². The van der Waals surface area contributed by atoms with Gasteiger partial charge >= 0.3 is 5.97 Å². The average Bonchev–Trinajstić information content (AvgIpc) is 3.60. The van der Waals surface area contributed by atoms with Crippen molar-refractivity contribution >= 4 is 11.9 Å². The van der Waals surface area contributed by atoms with Crippen molar-refractivity contribution in [1.29, 1.82) is 0 Å². The summed E-state index contributed by atoms with van der Waals surface area (Å²) < 4.78 is 5.49. The van der Waals surface area contributed by atoms with Crippen molar-refractivity contribution in [3.8, 4) is 0 Å². The van der Waals surface area contributed by atoms with Crippen LogP contribution in [0.2, 0.25) is 0 Å². The molecule has 0 saturated heterocycles. The summed E-state index contributed by atoms with van der Waals surface area (Å²) in [5.41, 5.74) is 0. The lowest BCUT2D eigenvalue weighted by Crippen LogP contribution is -2.45. The molecule has 0 aromatic heterocycles. The molecule has 6 nitrogen and oxygen atoms in total. The van der Waals surface area contributed by atoms with Crippen LogP contribution >= 0.6 is 0 Å². The first-order valence-corrected chi connectivity index (χ1v) is 40.1. The van der Waals surface area contributed by atoms with E-state index < -0.39 is 12.1 Å². The van der Waals surface area contributed by atoms with Gasteiger partial charge in [-0.1, -0.05) is 389 Å². The number of esters is 1. The average molecular weight is 1250 g/mol. The molecule has 0 aliphatic carbocycles. The minimum atomic E-state index is -0.845. The number of aliphatic hydroxyl groups excluding tert-OH is 2. The van der Waals surface area contributed by atoms with E-state index in [-0.39, 0.29) is 18.5 Å². The molecule has 0 aliphatic heterocycles. The minimum Gasteiger partial charge on any atom is -0.466 e. The Labute approximate surface area is 556 Å². The van der Waals surface area contributed by atoms with Gasteiger partial charge in [0, 0.05) is 12.8 Å². The smallest absolute Gasteiger partial charge is 0.305 e. The van der Waals surface area contributed by atoms with Gasteiger partial charge in [-0.05, 0) is 89.9 Å². The van der Waals surface area contributed by atoms with Crippen LogP contribution in [0.15, 0.2) is 60.8 Å². The van der Waals surface area contributed by atoms with Crippen molar-refractivity contribution in [3.05, 3.63) is 60.8 Å². The summed E-state index contributed by atoms with van der Waals surface area (Å²) >= 11 is 0. The molecule has 0 aliphatic rings. The maximum atomic E-state index is 12.5. The molecule has 2 unspecified atom stereocenters. The lowest BCUT2D eigenvalue weighted by molar-refractivity contribution is -0.143. The van der Waals surface area contributed by atoms with Gasteiger partial charge < -0.3 is 20.3 Å². The summed E-state index contributed by atoms with van der Waals surface area (Å²) in [7, 11) is 0. The Hall–Kier alpha value is -2.44. The van der Waals surface area contributed by atoms with Crippen molar-refractivity contribution < 1.29 is 24.5 Å². The van der Waals surface area contributed by atoms with Crippen LogP contribution < -0.4 is 5.32 Å². The van der Waals surface area contributed by atoms with Crippen LogP contribution in [0.1, 0.15) is 431 Å². The van der Waals surface area contributed by atoms with Crippen LogP contribution in [0, 0.1) is 0 Å². The number of aliphatic hydroxyl groups is 2. The monoisotopic (exact) mass is 1250 g/mol. The second-order valence-corrected chi connectivity index (χ2v) is 27.4. The lowest BCUT2D eigenvalue weighted by atomic mass is 10.0. The summed E-state index contributed by atoms with van der Waals surface area (Å²) in [5.74, 6) is -0.0574. The van der Waals surface area contributed by atoms with Crippen LogP contribution in [0.5, 0.6) is 0 Å². The number of rotatable bonds is 75. The number of unbranched alkanes of at least 4 members (excludes halogenated alkanes) is 56. The van der Waals surface area contributed by atoms with Gasteiger partial charge in [-0.15, -0.1) is 0 Å². The number of allylic oxidation sites excluding steroid dienone is 9. The van der Waals surface area contributed by atoms with Crippen LogP contribution in [-0.2, 0) is 14.3 Å². The third-order valence-electron chi connectivity index (χ3n) is 18.5. The normalized spacial score (nSPS) is 12.8. The first-order chi connectivity index (χ1) is 44.0. The van der Waals surface area contributed by atoms with Gasteiger partial charge in [-0.2, -0.15) is 0 Å². The molecule has 0 spiro atoms. The summed E-state index contributed by atoms with van der Waals surface area (Å²) in [6, 6.07) is -0.628. The molecule has 0 fully saturated rings. The fourth-order valence-electron chi connectivity index (χ4n) is 12.4. The molecule has 522 valence electrons. The lowest BCUT2D eigenvalue weighted by Gasteiger charge is -2.20. The van der Waals surface area contributed by atoms with E-state index in [9.17, 15) is 19.8 Å². The first kappa shape index (κ1) is 86.6. The molecular formula is C83H155NO5. The Balaban J connectivity index is 3.39. The number of carbonyl (C=O) groups is 2. The van der Waals surface area contributed by atoms with E-state index in [1.165, 1.54) is 347 Å². The highest BCUT2D eigenvalue weighted by atomic mass is 16.5.